The molecule has 122 valence electrons. The van der Waals surface area contributed by atoms with Gasteiger partial charge < -0.3 is 0 Å². The fraction of sp³-hybridized carbons (Fsp3) is 0.263. The smallest absolute Gasteiger partial charge is 0.175 e. The highest BCUT2D eigenvalue weighted by Gasteiger charge is 2.27. The van der Waals surface area contributed by atoms with Crippen LogP contribution in [0.1, 0.15) is 22.5 Å². The van der Waals surface area contributed by atoms with Crippen molar-refractivity contribution in [3.05, 3.63) is 59.6 Å². The number of Topliss-reactive ketones (excluding diaryl/α,β-unsaturated/α-hetero) is 1. The summed E-state index contributed by atoms with van der Waals surface area (Å²) in [6, 6.07) is 16.2. The third kappa shape index (κ3) is 3.38. The molecular formula is C19H18N2OS2. The summed E-state index contributed by atoms with van der Waals surface area (Å²) in [7, 11) is 0. The molecule has 0 saturated carbocycles. The quantitative estimate of drug-likeness (QED) is 0.493. The molecule has 0 aliphatic carbocycles. The second kappa shape index (κ2) is 7.05. The number of rotatable bonds is 4. The zero-order valence-electron chi connectivity index (χ0n) is 13.2. The first-order valence-electron chi connectivity index (χ1n) is 8.16. The number of nitrogens with zero attached hydrogens (tertiary/aromatic N) is 2. The monoisotopic (exact) mass is 354 g/mol. The Hall–Kier alpha value is -1.69. The minimum absolute atomic E-state index is 0.152. The molecule has 0 atom stereocenters. The molecule has 1 fully saturated rings. The molecule has 0 spiro atoms. The lowest BCUT2D eigenvalue weighted by Crippen LogP contribution is -2.32. The van der Waals surface area contributed by atoms with Crippen LogP contribution < -0.4 is 0 Å². The van der Waals surface area contributed by atoms with E-state index in [4.69, 9.17) is 0 Å². The van der Waals surface area contributed by atoms with Crippen molar-refractivity contribution in [1.29, 1.82) is 0 Å². The molecule has 0 bridgehead atoms. The van der Waals surface area contributed by atoms with Crippen LogP contribution in [0.3, 0.4) is 0 Å². The molecule has 3 heterocycles. The third-order valence-electron chi connectivity index (χ3n) is 4.35. The molecule has 3 nitrogen and oxygen atoms in total. The second-order valence-corrected chi connectivity index (χ2v) is 8.18. The highest BCUT2D eigenvalue weighted by atomic mass is 32.2. The number of thiophene rings is 1. The number of hydrogen-bond donors (Lipinski definition) is 0. The third-order valence-corrected chi connectivity index (χ3v) is 6.54. The van der Waals surface area contributed by atoms with Crippen molar-refractivity contribution in [2.45, 2.75) is 17.9 Å². The largest absolute Gasteiger partial charge is 0.293 e. The molecule has 1 aromatic carbocycles. The zero-order valence-corrected chi connectivity index (χ0v) is 14.9. The lowest BCUT2D eigenvalue weighted by Gasteiger charge is -2.29. The van der Waals surface area contributed by atoms with E-state index >= 15 is 0 Å². The van der Waals surface area contributed by atoms with Gasteiger partial charge in [-0.25, -0.2) is 9.29 Å². The van der Waals surface area contributed by atoms with E-state index in [0.717, 1.165) is 35.8 Å². The number of hydrogen-bond acceptors (Lipinski definition) is 5. The summed E-state index contributed by atoms with van der Waals surface area (Å²) < 4.78 is 3.51. The molecule has 2 aromatic heterocycles. The molecule has 24 heavy (non-hydrogen) atoms. The number of fused-ring (bicyclic) bond motifs is 1. The van der Waals surface area contributed by atoms with Gasteiger partial charge >= 0.3 is 0 Å². The number of aromatic nitrogens is 1. The summed E-state index contributed by atoms with van der Waals surface area (Å²) in [5, 5.41) is 2.20. The second-order valence-electron chi connectivity index (χ2n) is 5.98. The van der Waals surface area contributed by atoms with E-state index in [1.54, 1.807) is 23.3 Å². The number of piperidine rings is 1. The number of carbonyl (C=O) groups excluding carboxylic acids is 1. The predicted molar refractivity (Wildman–Crippen MR) is 101 cm³/mol. The molecule has 1 aliphatic rings. The summed E-state index contributed by atoms with van der Waals surface area (Å²) in [5.74, 6) is 0.470. The minimum atomic E-state index is 0.152. The van der Waals surface area contributed by atoms with Crippen molar-refractivity contribution in [2.75, 3.05) is 13.1 Å². The standard InChI is InChI=1S/C19H18N2OS2/c22-19(17-13-15-5-1-2-6-16(15)23-17)14-8-11-21(12-9-14)24-18-7-3-4-10-20-18/h1-7,10,13-14H,8-9,11-12H2. The Morgan fingerprint density at radius 3 is 2.67 bits per heavy atom. The van der Waals surface area contributed by atoms with Crippen LogP contribution in [0.2, 0.25) is 0 Å². The molecule has 0 unspecified atom stereocenters. The van der Waals surface area contributed by atoms with E-state index in [0.29, 0.717) is 5.78 Å². The molecule has 4 rings (SSSR count). The van der Waals surface area contributed by atoms with Crippen molar-refractivity contribution < 1.29 is 4.79 Å². The number of ketones is 1. The van der Waals surface area contributed by atoms with E-state index < -0.39 is 0 Å². The van der Waals surface area contributed by atoms with Gasteiger partial charge in [0, 0.05) is 29.9 Å². The molecule has 1 saturated heterocycles. The molecule has 3 aromatic rings. The molecule has 5 heteroatoms. The SMILES string of the molecule is O=C(c1cc2ccccc2s1)C1CCN(Sc2ccccn2)CC1. The van der Waals surface area contributed by atoms with Crippen molar-refractivity contribution in [3.8, 4) is 0 Å². The van der Waals surface area contributed by atoms with Crippen LogP contribution in [-0.4, -0.2) is 28.2 Å². The van der Waals surface area contributed by atoms with Gasteiger partial charge in [-0.3, -0.25) is 4.79 Å². The Morgan fingerprint density at radius 1 is 1.12 bits per heavy atom. The fourth-order valence-corrected chi connectivity index (χ4v) is 5.03. The van der Waals surface area contributed by atoms with Crippen LogP contribution >= 0.6 is 23.3 Å². The van der Waals surface area contributed by atoms with E-state index in [1.165, 1.54) is 10.1 Å². The maximum absolute atomic E-state index is 12.8. The van der Waals surface area contributed by atoms with Gasteiger partial charge in [-0.05, 0) is 54.4 Å². The highest BCUT2D eigenvalue weighted by Crippen LogP contribution is 2.32. The van der Waals surface area contributed by atoms with Gasteiger partial charge in [0.25, 0.3) is 0 Å². The topological polar surface area (TPSA) is 33.2 Å². The van der Waals surface area contributed by atoms with E-state index in [1.807, 2.05) is 36.5 Å². The van der Waals surface area contributed by atoms with Crippen molar-refractivity contribution in [3.63, 3.8) is 0 Å². The Morgan fingerprint density at radius 2 is 1.92 bits per heavy atom. The van der Waals surface area contributed by atoms with Crippen LogP contribution in [0.25, 0.3) is 10.1 Å². The average molecular weight is 355 g/mol. The van der Waals surface area contributed by atoms with Crippen LogP contribution in [0.5, 0.6) is 0 Å². The van der Waals surface area contributed by atoms with E-state index in [9.17, 15) is 4.79 Å². The van der Waals surface area contributed by atoms with Gasteiger partial charge in [0.15, 0.2) is 5.78 Å². The molecule has 1 aliphatic heterocycles. The Balaban J connectivity index is 1.39. The maximum Gasteiger partial charge on any atom is 0.175 e. The van der Waals surface area contributed by atoms with Gasteiger partial charge in [0.1, 0.15) is 5.03 Å². The summed E-state index contributed by atoms with van der Waals surface area (Å²) in [6.07, 6.45) is 3.67. The number of pyridine rings is 1. The van der Waals surface area contributed by atoms with Crippen LogP contribution in [-0.2, 0) is 0 Å². The molecule has 0 N–H and O–H groups in total. The van der Waals surface area contributed by atoms with Crippen molar-refractivity contribution in [2.24, 2.45) is 5.92 Å². The Kier molecular flexibility index (Phi) is 4.65. The van der Waals surface area contributed by atoms with Gasteiger partial charge in [-0.2, -0.15) is 0 Å². The summed E-state index contributed by atoms with van der Waals surface area (Å²) >= 11 is 3.32. The number of carbonyl (C=O) groups is 1. The van der Waals surface area contributed by atoms with Crippen LogP contribution in [0.15, 0.2) is 59.8 Å². The zero-order chi connectivity index (χ0) is 16.4. The fourth-order valence-electron chi connectivity index (χ4n) is 3.05. The lowest BCUT2D eigenvalue weighted by atomic mass is 9.92. The summed E-state index contributed by atoms with van der Waals surface area (Å²) in [5.41, 5.74) is 0. The van der Waals surface area contributed by atoms with E-state index in [-0.39, 0.29) is 5.92 Å². The Bertz CT molecular complexity index is 806. The Labute approximate surface area is 149 Å². The summed E-state index contributed by atoms with van der Waals surface area (Å²) in [4.78, 5) is 18.1. The average Bonchev–Trinajstić information content (AvgIpc) is 3.07. The van der Waals surface area contributed by atoms with Gasteiger partial charge in [0.2, 0.25) is 0 Å². The first-order chi connectivity index (χ1) is 11.8. The van der Waals surface area contributed by atoms with Crippen LogP contribution in [0.4, 0.5) is 0 Å². The first kappa shape index (κ1) is 15.8. The van der Waals surface area contributed by atoms with Gasteiger partial charge in [-0.15, -0.1) is 11.3 Å². The molecular weight excluding hydrogens is 336 g/mol. The van der Waals surface area contributed by atoms with Gasteiger partial charge in [0.05, 0.1) is 4.88 Å². The first-order valence-corrected chi connectivity index (χ1v) is 9.75. The van der Waals surface area contributed by atoms with E-state index in [2.05, 4.69) is 27.5 Å². The minimum Gasteiger partial charge on any atom is -0.293 e. The van der Waals surface area contributed by atoms with Gasteiger partial charge in [-0.1, -0.05) is 24.3 Å². The molecule has 0 radical (unpaired) electrons. The highest BCUT2D eigenvalue weighted by molar-refractivity contribution is 7.97. The van der Waals surface area contributed by atoms with Crippen molar-refractivity contribution >= 4 is 39.2 Å². The number of benzene rings is 1. The predicted octanol–water partition coefficient (Wildman–Crippen LogP) is 4.90. The maximum atomic E-state index is 12.8. The van der Waals surface area contributed by atoms with Crippen molar-refractivity contribution in [1.82, 2.24) is 9.29 Å². The molecule has 0 amide bonds. The van der Waals surface area contributed by atoms with Crippen LogP contribution in [0, 0.1) is 5.92 Å². The summed E-state index contributed by atoms with van der Waals surface area (Å²) in [6.45, 7) is 1.87. The lowest BCUT2D eigenvalue weighted by molar-refractivity contribution is 0.0883. The normalized spacial score (nSPS) is 16.5.